The lowest BCUT2D eigenvalue weighted by molar-refractivity contribution is 0.301. The van der Waals surface area contributed by atoms with Crippen molar-refractivity contribution in [2.45, 2.75) is 19.4 Å². The molecule has 0 amide bonds. The fourth-order valence-electron chi connectivity index (χ4n) is 0.886. The molecular weight excluding hydrogens is 114 g/mol. The van der Waals surface area contributed by atoms with Crippen LogP contribution in [-0.2, 0) is 0 Å². The zero-order valence-corrected chi connectivity index (χ0v) is 5.54. The predicted molar refractivity (Wildman–Crippen MR) is 37.7 cm³/mol. The molecule has 0 spiro atoms. The van der Waals surface area contributed by atoms with E-state index in [2.05, 4.69) is 11.1 Å². The molecule has 50 valence electrons. The standard InChI is InChI=1S/C7H11NO/c1-6-4-7(2-3-9)5-8-6/h4-6,9H,2-3H2,1H3. The molecule has 0 radical (unpaired) electrons. The largest absolute Gasteiger partial charge is 0.396 e. The third-order valence-corrected chi connectivity index (χ3v) is 1.33. The van der Waals surface area contributed by atoms with E-state index in [1.54, 1.807) is 0 Å². The van der Waals surface area contributed by atoms with E-state index >= 15 is 0 Å². The highest BCUT2D eigenvalue weighted by molar-refractivity contribution is 5.81. The lowest BCUT2D eigenvalue weighted by Crippen LogP contribution is -1.87. The molecule has 2 nitrogen and oxygen atoms in total. The van der Waals surface area contributed by atoms with Crippen LogP contribution in [0.3, 0.4) is 0 Å². The van der Waals surface area contributed by atoms with Crippen molar-refractivity contribution in [3.63, 3.8) is 0 Å². The summed E-state index contributed by atoms with van der Waals surface area (Å²) in [6, 6.07) is 0.326. The summed E-state index contributed by atoms with van der Waals surface area (Å²) in [6.07, 6.45) is 4.64. The van der Waals surface area contributed by atoms with Crippen molar-refractivity contribution in [3.05, 3.63) is 11.6 Å². The van der Waals surface area contributed by atoms with Gasteiger partial charge in [0.15, 0.2) is 0 Å². The second-order valence-corrected chi connectivity index (χ2v) is 2.23. The van der Waals surface area contributed by atoms with Crippen LogP contribution >= 0.6 is 0 Å². The molecule has 1 aliphatic rings. The molecule has 1 atom stereocenters. The lowest BCUT2D eigenvalue weighted by atomic mass is 10.2. The van der Waals surface area contributed by atoms with E-state index in [4.69, 9.17) is 5.11 Å². The van der Waals surface area contributed by atoms with Crippen LogP contribution in [0.15, 0.2) is 16.6 Å². The van der Waals surface area contributed by atoms with Gasteiger partial charge in [0.05, 0.1) is 6.04 Å². The molecule has 9 heavy (non-hydrogen) atoms. The third-order valence-electron chi connectivity index (χ3n) is 1.33. The van der Waals surface area contributed by atoms with Gasteiger partial charge in [-0.3, -0.25) is 4.99 Å². The zero-order valence-electron chi connectivity index (χ0n) is 5.54. The smallest absolute Gasteiger partial charge is 0.0657 e. The summed E-state index contributed by atoms with van der Waals surface area (Å²) >= 11 is 0. The van der Waals surface area contributed by atoms with Gasteiger partial charge in [-0.1, -0.05) is 6.08 Å². The van der Waals surface area contributed by atoms with Crippen molar-refractivity contribution >= 4 is 6.21 Å². The lowest BCUT2D eigenvalue weighted by Gasteiger charge is -1.90. The van der Waals surface area contributed by atoms with Crippen molar-refractivity contribution in [1.29, 1.82) is 0 Å². The summed E-state index contributed by atoms with van der Waals surface area (Å²) in [7, 11) is 0. The Bertz CT molecular complexity index is 149. The molecule has 0 aliphatic carbocycles. The van der Waals surface area contributed by atoms with E-state index in [9.17, 15) is 0 Å². The van der Waals surface area contributed by atoms with Gasteiger partial charge in [0, 0.05) is 12.8 Å². The maximum atomic E-state index is 8.51. The Morgan fingerprint density at radius 1 is 1.78 bits per heavy atom. The van der Waals surface area contributed by atoms with Gasteiger partial charge >= 0.3 is 0 Å². The van der Waals surface area contributed by atoms with Crippen LogP contribution in [0, 0.1) is 0 Å². The Hall–Kier alpha value is -0.630. The molecular formula is C7H11NO. The molecule has 0 bridgehead atoms. The van der Waals surface area contributed by atoms with Gasteiger partial charge in [0.25, 0.3) is 0 Å². The van der Waals surface area contributed by atoms with Crippen molar-refractivity contribution < 1.29 is 5.11 Å². The molecule has 0 fully saturated rings. The highest BCUT2D eigenvalue weighted by atomic mass is 16.2. The molecule has 0 aromatic rings. The summed E-state index contributed by atoms with van der Waals surface area (Å²) in [5, 5.41) is 8.51. The minimum Gasteiger partial charge on any atom is -0.396 e. The van der Waals surface area contributed by atoms with Crippen LogP contribution < -0.4 is 0 Å². The van der Waals surface area contributed by atoms with Crippen LogP contribution in [0.25, 0.3) is 0 Å². The quantitative estimate of drug-likeness (QED) is 0.581. The topological polar surface area (TPSA) is 32.6 Å². The Morgan fingerprint density at radius 3 is 3.00 bits per heavy atom. The molecule has 0 aromatic carbocycles. The Balaban J connectivity index is 2.44. The first-order valence-corrected chi connectivity index (χ1v) is 3.17. The monoisotopic (exact) mass is 125 g/mol. The van der Waals surface area contributed by atoms with Gasteiger partial charge in [0.1, 0.15) is 0 Å². The normalized spacial score (nSPS) is 24.7. The van der Waals surface area contributed by atoms with Crippen molar-refractivity contribution in [1.82, 2.24) is 0 Å². The first-order valence-electron chi connectivity index (χ1n) is 3.17. The number of rotatable bonds is 2. The van der Waals surface area contributed by atoms with Crippen LogP contribution in [-0.4, -0.2) is 24.0 Å². The number of hydrogen-bond donors (Lipinski definition) is 1. The average Bonchev–Trinajstić information content (AvgIpc) is 2.17. The maximum absolute atomic E-state index is 8.51. The SMILES string of the molecule is CC1C=C(CCO)C=N1. The summed E-state index contributed by atoms with van der Waals surface area (Å²) in [6.45, 7) is 2.26. The molecule has 1 aliphatic heterocycles. The number of hydrogen-bond acceptors (Lipinski definition) is 2. The zero-order chi connectivity index (χ0) is 6.69. The van der Waals surface area contributed by atoms with Crippen LogP contribution in [0.1, 0.15) is 13.3 Å². The van der Waals surface area contributed by atoms with Crippen LogP contribution in [0.5, 0.6) is 0 Å². The van der Waals surface area contributed by atoms with E-state index in [-0.39, 0.29) is 6.61 Å². The van der Waals surface area contributed by atoms with E-state index in [0.29, 0.717) is 6.04 Å². The highest BCUT2D eigenvalue weighted by Gasteiger charge is 2.03. The summed E-state index contributed by atoms with van der Waals surface area (Å²) in [4.78, 5) is 4.11. The maximum Gasteiger partial charge on any atom is 0.0657 e. The van der Waals surface area contributed by atoms with Crippen molar-refractivity contribution in [2.75, 3.05) is 6.61 Å². The van der Waals surface area contributed by atoms with Gasteiger partial charge in [0.2, 0.25) is 0 Å². The van der Waals surface area contributed by atoms with E-state index < -0.39 is 0 Å². The summed E-state index contributed by atoms with van der Waals surface area (Å²) < 4.78 is 0. The second kappa shape index (κ2) is 2.78. The van der Waals surface area contributed by atoms with Gasteiger partial charge < -0.3 is 5.11 Å². The van der Waals surface area contributed by atoms with Gasteiger partial charge in [-0.15, -0.1) is 0 Å². The molecule has 0 saturated heterocycles. The van der Waals surface area contributed by atoms with Crippen molar-refractivity contribution in [2.24, 2.45) is 4.99 Å². The highest BCUT2D eigenvalue weighted by Crippen LogP contribution is 2.08. The van der Waals surface area contributed by atoms with Crippen LogP contribution in [0.4, 0.5) is 0 Å². The first-order chi connectivity index (χ1) is 4.33. The minimum absolute atomic E-state index is 0.227. The second-order valence-electron chi connectivity index (χ2n) is 2.23. The molecule has 0 saturated carbocycles. The number of aliphatic imine (C=N–C) groups is 1. The third kappa shape index (κ3) is 1.64. The average molecular weight is 125 g/mol. The van der Waals surface area contributed by atoms with E-state index in [1.165, 1.54) is 0 Å². The molecule has 1 rings (SSSR count). The molecule has 1 heterocycles. The first kappa shape index (κ1) is 6.49. The number of aliphatic hydroxyl groups excluding tert-OH is 1. The van der Waals surface area contributed by atoms with Gasteiger partial charge in [-0.25, -0.2) is 0 Å². The molecule has 1 N–H and O–H groups in total. The van der Waals surface area contributed by atoms with Gasteiger partial charge in [-0.05, 0) is 18.9 Å². The minimum atomic E-state index is 0.227. The molecule has 0 aromatic heterocycles. The Labute approximate surface area is 54.9 Å². The fourth-order valence-corrected chi connectivity index (χ4v) is 0.886. The van der Waals surface area contributed by atoms with Crippen LogP contribution in [0.2, 0.25) is 0 Å². The number of nitrogens with zero attached hydrogens (tertiary/aromatic N) is 1. The van der Waals surface area contributed by atoms with Gasteiger partial charge in [-0.2, -0.15) is 0 Å². The summed E-state index contributed by atoms with van der Waals surface area (Å²) in [5.74, 6) is 0. The molecule has 1 unspecified atom stereocenters. The number of aliphatic hydroxyl groups is 1. The summed E-state index contributed by atoms with van der Waals surface area (Å²) in [5.41, 5.74) is 1.16. The Kier molecular flexibility index (Phi) is 2.01. The Morgan fingerprint density at radius 2 is 2.56 bits per heavy atom. The predicted octanol–water partition coefficient (Wildman–Crippen LogP) is 0.768. The van der Waals surface area contributed by atoms with E-state index in [1.807, 2.05) is 13.1 Å². The van der Waals surface area contributed by atoms with Crippen molar-refractivity contribution in [3.8, 4) is 0 Å². The fraction of sp³-hybridized carbons (Fsp3) is 0.571. The molecule has 2 heteroatoms. The van der Waals surface area contributed by atoms with E-state index in [0.717, 1.165) is 12.0 Å².